The molecule has 138 valence electrons. The lowest BCUT2D eigenvalue weighted by Gasteiger charge is -2.34. The number of amides is 2. The van der Waals surface area contributed by atoms with E-state index in [1.54, 1.807) is 41.3 Å². The van der Waals surface area contributed by atoms with E-state index in [-0.39, 0.29) is 24.0 Å². The molecule has 2 aromatic rings. The van der Waals surface area contributed by atoms with Gasteiger partial charge in [-0.2, -0.15) is 4.31 Å². The Morgan fingerprint density at radius 3 is 2.19 bits per heavy atom. The number of benzene rings is 2. The van der Waals surface area contributed by atoms with Crippen LogP contribution in [-0.4, -0.2) is 49.8 Å². The molecule has 9 heteroatoms. The standard InChI is InChI=1S/C17H17Cl2N3O3S/c18-13-4-6-16(7-5-13)26(24,25)22-10-8-21(9-11-22)17(23)20-15-3-1-2-14(19)12-15/h1-7,12H,8-11H2,(H,20,23). The van der Waals surface area contributed by atoms with E-state index in [1.165, 1.54) is 16.4 Å². The maximum absolute atomic E-state index is 12.7. The molecular weight excluding hydrogens is 397 g/mol. The molecule has 0 atom stereocenters. The number of halogens is 2. The summed E-state index contributed by atoms with van der Waals surface area (Å²) in [6.45, 7) is 1.07. The van der Waals surface area contributed by atoms with Crippen molar-refractivity contribution in [2.75, 3.05) is 31.5 Å². The molecule has 0 unspecified atom stereocenters. The van der Waals surface area contributed by atoms with Gasteiger partial charge in [0.2, 0.25) is 10.0 Å². The van der Waals surface area contributed by atoms with Gasteiger partial charge in [-0.15, -0.1) is 0 Å². The van der Waals surface area contributed by atoms with E-state index in [9.17, 15) is 13.2 Å². The first-order valence-electron chi connectivity index (χ1n) is 7.93. The van der Waals surface area contributed by atoms with Crippen molar-refractivity contribution in [3.63, 3.8) is 0 Å². The minimum Gasteiger partial charge on any atom is -0.322 e. The van der Waals surface area contributed by atoms with Crippen LogP contribution in [0.15, 0.2) is 53.4 Å². The molecule has 3 rings (SSSR count). The van der Waals surface area contributed by atoms with Crippen LogP contribution in [0.25, 0.3) is 0 Å². The third-order valence-corrected chi connectivity index (χ3v) is 6.45. The van der Waals surface area contributed by atoms with E-state index in [2.05, 4.69) is 5.32 Å². The fourth-order valence-electron chi connectivity index (χ4n) is 2.66. The van der Waals surface area contributed by atoms with Crippen molar-refractivity contribution in [1.29, 1.82) is 0 Å². The second kappa shape index (κ2) is 7.84. The van der Waals surface area contributed by atoms with Gasteiger partial charge < -0.3 is 10.2 Å². The van der Waals surface area contributed by atoms with Crippen LogP contribution in [-0.2, 0) is 10.0 Å². The average molecular weight is 414 g/mol. The number of carbonyl (C=O) groups is 1. The van der Waals surface area contributed by atoms with Crippen LogP contribution in [0.2, 0.25) is 10.0 Å². The quantitative estimate of drug-likeness (QED) is 0.836. The predicted octanol–water partition coefficient (Wildman–Crippen LogP) is 3.53. The number of carbonyl (C=O) groups excluding carboxylic acids is 1. The summed E-state index contributed by atoms with van der Waals surface area (Å²) in [7, 11) is -3.59. The molecule has 0 radical (unpaired) electrons. The molecule has 0 saturated carbocycles. The first-order chi connectivity index (χ1) is 12.4. The zero-order valence-corrected chi connectivity index (χ0v) is 16.1. The fraction of sp³-hybridized carbons (Fsp3) is 0.235. The van der Waals surface area contributed by atoms with E-state index in [1.807, 2.05) is 0 Å². The smallest absolute Gasteiger partial charge is 0.321 e. The van der Waals surface area contributed by atoms with Crippen LogP contribution >= 0.6 is 23.2 Å². The monoisotopic (exact) mass is 413 g/mol. The number of sulfonamides is 1. The fourth-order valence-corrected chi connectivity index (χ4v) is 4.39. The van der Waals surface area contributed by atoms with Gasteiger partial charge in [-0.25, -0.2) is 13.2 Å². The Hall–Kier alpha value is -1.80. The largest absolute Gasteiger partial charge is 0.322 e. The van der Waals surface area contributed by atoms with Crippen molar-refractivity contribution in [1.82, 2.24) is 9.21 Å². The van der Waals surface area contributed by atoms with E-state index >= 15 is 0 Å². The molecule has 1 aliphatic heterocycles. The van der Waals surface area contributed by atoms with Gasteiger partial charge >= 0.3 is 6.03 Å². The molecule has 0 bridgehead atoms. The molecule has 1 N–H and O–H groups in total. The topological polar surface area (TPSA) is 69.7 Å². The molecule has 1 fully saturated rings. The van der Waals surface area contributed by atoms with Gasteiger partial charge in [-0.1, -0.05) is 29.3 Å². The van der Waals surface area contributed by atoms with Crippen LogP contribution in [0.1, 0.15) is 0 Å². The number of urea groups is 1. The number of anilines is 1. The second-order valence-corrected chi connectivity index (χ2v) is 8.60. The van der Waals surface area contributed by atoms with Crippen LogP contribution in [0.4, 0.5) is 10.5 Å². The average Bonchev–Trinajstić information content (AvgIpc) is 2.62. The molecule has 2 aromatic carbocycles. The minimum absolute atomic E-state index is 0.193. The SMILES string of the molecule is O=C(Nc1cccc(Cl)c1)N1CCN(S(=O)(=O)c2ccc(Cl)cc2)CC1. The van der Waals surface area contributed by atoms with Gasteiger partial charge in [0.25, 0.3) is 0 Å². The molecule has 6 nitrogen and oxygen atoms in total. The zero-order chi connectivity index (χ0) is 18.7. The summed E-state index contributed by atoms with van der Waals surface area (Å²) >= 11 is 11.7. The van der Waals surface area contributed by atoms with Crippen molar-refractivity contribution < 1.29 is 13.2 Å². The van der Waals surface area contributed by atoms with Crippen molar-refractivity contribution in [2.45, 2.75) is 4.90 Å². The van der Waals surface area contributed by atoms with Crippen molar-refractivity contribution >= 4 is 44.9 Å². The van der Waals surface area contributed by atoms with E-state index < -0.39 is 10.0 Å². The highest BCUT2D eigenvalue weighted by molar-refractivity contribution is 7.89. The van der Waals surface area contributed by atoms with Crippen LogP contribution in [0.3, 0.4) is 0 Å². The summed E-state index contributed by atoms with van der Waals surface area (Å²) in [4.78, 5) is 14.1. The van der Waals surface area contributed by atoms with E-state index in [4.69, 9.17) is 23.2 Å². The lowest BCUT2D eigenvalue weighted by atomic mass is 10.3. The Bertz CT molecular complexity index is 896. The van der Waals surface area contributed by atoms with Crippen LogP contribution < -0.4 is 5.32 Å². The highest BCUT2D eigenvalue weighted by atomic mass is 35.5. The zero-order valence-electron chi connectivity index (χ0n) is 13.7. The Kier molecular flexibility index (Phi) is 5.72. The molecule has 1 aliphatic rings. The number of nitrogens with zero attached hydrogens (tertiary/aromatic N) is 2. The molecule has 0 spiro atoms. The lowest BCUT2D eigenvalue weighted by Crippen LogP contribution is -2.51. The van der Waals surface area contributed by atoms with Gasteiger partial charge in [-0.05, 0) is 42.5 Å². The molecule has 1 heterocycles. The van der Waals surface area contributed by atoms with Gasteiger partial charge in [0, 0.05) is 41.9 Å². The van der Waals surface area contributed by atoms with Crippen molar-refractivity contribution in [2.24, 2.45) is 0 Å². The highest BCUT2D eigenvalue weighted by Gasteiger charge is 2.30. The Balaban J connectivity index is 1.61. The third-order valence-electron chi connectivity index (χ3n) is 4.05. The summed E-state index contributed by atoms with van der Waals surface area (Å²) in [6.07, 6.45) is 0. The van der Waals surface area contributed by atoms with E-state index in [0.717, 1.165) is 0 Å². The minimum atomic E-state index is -3.59. The lowest BCUT2D eigenvalue weighted by molar-refractivity contribution is 0.184. The predicted molar refractivity (Wildman–Crippen MR) is 102 cm³/mol. The summed E-state index contributed by atoms with van der Waals surface area (Å²) < 4.78 is 26.7. The number of piperazine rings is 1. The number of nitrogens with one attached hydrogen (secondary N) is 1. The number of hydrogen-bond acceptors (Lipinski definition) is 3. The Labute approximate surface area is 162 Å². The molecule has 0 aliphatic carbocycles. The molecule has 0 aromatic heterocycles. The molecule has 1 saturated heterocycles. The Morgan fingerprint density at radius 1 is 0.923 bits per heavy atom. The van der Waals surface area contributed by atoms with Gasteiger partial charge in [0.05, 0.1) is 4.90 Å². The first-order valence-corrected chi connectivity index (χ1v) is 10.1. The third kappa shape index (κ3) is 4.29. The summed E-state index contributed by atoms with van der Waals surface area (Å²) in [6, 6.07) is 12.6. The number of hydrogen-bond donors (Lipinski definition) is 1. The summed E-state index contributed by atoms with van der Waals surface area (Å²) in [5, 5.41) is 3.77. The maximum Gasteiger partial charge on any atom is 0.321 e. The second-order valence-electron chi connectivity index (χ2n) is 5.79. The number of rotatable bonds is 3. The van der Waals surface area contributed by atoms with Gasteiger partial charge in [0.1, 0.15) is 0 Å². The van der Waals surface area contributed by atoms with Crippen molar-refractivity contribution in [3.8, 4) is 0 Å². The summed E-state index contributed by atoms with van der Waals surface area (Å²) in [5.41, 5.74) is 0.596. The molecular formula is C17H17Cl2N3O3S. The van der Waals surface area contributed by atoms with Crippen molar-refractivity contribution in [3.05, 3.63) is 58.6 Å². The van der Waals surface area contributed by atoms with Crippen LogP contribution in [0.5, 0.6) is 0 Å². The first kappa shape index (κ1) is 19.0. The van der Waals surface area contributed by atoms with Crippen LogP contribution in [0, 0.1) is 0 Å². The molecule has 2 amide bonds. The normalized spacial score (nSPS) is 15.7. The molecule has 26 heavy (non-hydrogen) atoms. The van der Waals surface area contributed by atoms with E-state index in [0.29, 0.717) is 28.8 Å². The van der Waals surface area contributed by atoms with Gasteiger partial charge in [0.15, 0.2) is 0 Å². The Morgan fingerprint density at radius 2 is 1.58 bits per heavy atom. The maximum atomic E-state index is 12.7. The van der Waals surface area contributed by atoms with Gasteiger partial charge in [-0.3, -0.25) is 0 Å². The highest BCUT2D eigenvalue weighted by Crippen LogP contribution is 2.20. The summed E-state index contributed by atoms with van der Waals surface area (Å²) in [5.74, 6) is 0.